The van der Waals surface area contributed by atoms with Gasteiger partial charge in [-0.3, -0.25) is 4.98 Å². The van der Waals surface area contributed by atoms with Crippen molar-refractivity contribution in [2.75, 3.05) is 0 Å². The fraction of sp³-hybridized carbons (Fsp3) is 0.462. The minimum atomic E-state index is -0.153. The van der Waals surface area contributed by atoms with E-state index in [4.69, 9.17) is 19.9 Å². The molecule has 2 heterocycles. The summed E-state index contributed by atoms with van der Waals surface area (Å²) in [6.45, 7) is 19.4. The molecule has 2 aromatic heterocycles. The minimum Gasteiger partial charge on any atom is -0.256 e. The average Bonchev–Trinajstić information content (AvgIpc) is 2.66. The molecule has 0 aliphatic rings. The van der Waals surface area contributed by atoms with Crippen molar-refractivity contribution in [3.8, 4) is 22.6 Å². The van der Waals surface area contributed by atoms with Crippen LogP contribution in [0.2, 0.25) is 0 Å². The molecule has 0 radical (unpaired) electrons. The maximum absolute atomic E-state index is 4.83. The van der Waals surface area contributed by atoms with Crippen molar-refractivity contribution in [2.24, 2.45) is 0 Å². The van der Waals surface area contributed by atoms with Crippen molar-refractivity contribution < 1.29 is 0 Å². The van der Waals surface area contributed by atoms with E-state index < -0.39 is 0 Å². The maximum atomic E-state index is 4.83. The highest BCUT2D eigenvalue weighted by molar-refractivity contribution is 5.68. The van der Waals surface area contributed by atoms with Crippen LogP contribution in [0.1, 0.15) is 79.5 Å². The Morgan fingerprint density at radius 2 is 1.17 bits per heavy atom. The summed E-state index contributed by atoms with van der Waals surface area (Å²) < 4.78 is 0. The molecule has 0 aliphatic carbocycles. The Morgan fingerprint density at radius 3 is 1.63 bits per heavy atom. The second-order valence-electron chi connectivity index (χ2n) is 11.1. The average molecular weight is 403 g/mol. The molecule has 158 valence electrons. The summed E-state index contributed by atoms with van der Waals surface area (Å²) >= 11 is 0. The lowest BCUT2D eigenvalue weighted by Gasteiger charge is -2.22. The van der Waals surface area contributed by atoms with Crippen molar-refractivity contribution in [3.63, 3.8) is 0 Å². The number of aromatic nitrogens is 4. The van der Waals surface area contributed by atoms with Crippen LogP contribution in [0.3, 0.4) is 0 Å². The summed E-state index contributed by atoms with van der Waals surface area (Å²) in [6, 6.07) is 12.6. The van der Waals surface area contributed by atoms with Gasteiger partial charge in [0.1, 0.15) is 11.6 Å². The zero-order valence-electron chi connectivity index (χ0n) is 19.8. The van der Waals surface area contributed by atoms with Crippen LogP contribution in [-0.2, 0) is 16.2 Å². The van der Waals surface area contributed by atoms with E-state index in [0.717, 1.165) is 28.5 Å². The largest absolute Gasteiger partial charge is 0.256 e. The zero-order chi connectivity index (χ0) is 22.3. The van der Waals surface area contributed by atoms with E-state index in [1.165, 1.54) is 5.56 Å². The van der Waals surface area contributed by atoms with Crippen LogP contribution >= 0.6 is 0 Å². The third-order valence-electron chi connectivity index (χ3n) is 5.02. The van der Waals surface area contributed by atoms with Gasteiger partial charge in [-0.1, -0.05) is 86.6 Å². The SMILES string of the molecule is CC(C)(C)c1ccc(-c2cccc(-c3nc(C(C)(C)C)nc(C(C)(C)C)n3)c2)nc1. The van der Waals surface area contributed by atoms with Gasteiger partial charge in [0.05, 0.1) is 5.69 Å². The van der Waals surface area contributed by atoms with E-state index in [1.807, 2.05) is 12.3 Å². The van der Waals surface area contributed by atoms with Gasteiger partial charge >= 0.3 is 0 Å². The summed E-state index contributed by atoms with van der Waals surface area (Å²) in [4.78, 5) is 19.1. The van der Waals surface area contributed by atoms with E-state index in [0.29, 0.717) is 5.82 Å². The third kappa shape index (κ3) is 4.92. The lowest BCUT2D eigenvalue weighted by atomic mass is 9.88. The third-order valence-corrected chi connectivity index (χ3v) is 5.02. The normalized spacial score (nSPS) is 12.8. The first kappa shape index (κ1) is 22.1. The van der Waals surface area contributed by atoms with Gasteiger partial charge in [-0.2, -0.15) is 0 Å². The first-order valence-electron chi connectivity index (χ1n) is 10.6. The van der Waals surface area contributed by atoms with Gasteiger partial charge in [0.2, 0.25) is 0 Å². The molecule has 0 spiro atoms. The topological polar surface area (TPSA) is 51.6 Å². The van der Waals surface area contributed by atoms with Crippen molar-refractivity contribution in [1.82, 2.24) is 19.9 Å². The maximum Gasteiger partial charge on any atom is 0.163 e. The first-order chi connectivity index (χ1) is 13.7. The summed E-state index contributed by atoms with van der Waals surface area (Å²) in [6.07, 6.45) is 1.97. The van der Waals surface area contributed by atoms with Crippen LogP contribution < -0.4 is 0 Å². The second kappa shape index (κ2) is 7.57. The number of hydrogen-bond donors (Lipinski definition) is 0. The van der Waals surface area contributed by atoms with E-state index >= 15 is 0 Å². The lowest BCUT2D eigenvalue weighted by Crippen LogP contribution is -2.24. The van der Waals surface area contributed by atoms with Gasteiger partial charge in [0, 0.05) is 28.2 Å². The first-order valence-corrected chi connectivity index (χ1v) is 10.6. The van der Waals surface area contributed by atoms with Crippen molar-refractivity contribution in [1.29, 1.82) is 0 Å². The molecule has 4 heteroatoms. The highest BCUT2D eigenvalue weighted by Crippen LogP contribution is 2.29. The predicted molar refractivity (Wildman–Crippen MR) is 125 cm³/mol. The molecule has 0 saturated heterocycles. The summed E-state index contributed by atoms with van der Waals surface area (Å²) in [5.74, 6) is 2.35. The van der Waals surface area contributed by atoms with Gasteiger partial charge in [0.25, 0.3) is 0 Å². The highest BCUT2D eigenvalue weighted by Gasteiger charge is 2.25. The zero-order valence-corrected chi connectivity index (χ0v) is 19.8. The molecule has 0 aliphatic heterocycles. The van der Waals surface area contributed by atoms with Crippen LogP contribution in [0.15, 0.2) is 42.6 Å². The van der Waals surface area contributed by atoms with Crippen LogP contribution in [0.25, 0.3) is 22.6 Å². The molecule has 0 saturated carbocycles. The number of nitrogens with zero attached hydrogens (tertiary/aromatic N) is 4. The van der Waals surface area contributed by atoms with Gasteiger partial charge in [-0.25, -0.2) is 15.0 Å². The molecule has 0 unspecified atom stereocenters. The smallest absolute Gasteiger partial charge is 0.163 e. The summed E-state index contributed by atoms with van der Waals surface area (Å²) in [7, 11) is 0. The van der Waals surface area contributed by atoms with Gasteiger partial charge in [-0.05, 0) is 23.1 Å². The fourth-order valence-electron chi connectivity index (χ4n) is 3.00. The van der Waals surface area contributed by atoms with Crippen LogP contribution in [-0.4, -0.2) is 19.9 Å². The van der Waals surface area contributed by atoms with Crippen molar-refractivity contribution in [3.05, 3.63) is 59.8 Å². The quantitative estimate of drug-likeness (QED) is 0.491. The van der Waals surface area contributed by atoms with Gasteiger partial charge in [-0.15, -0.1) is 0 Å². The molecule has 4 nitrogen and oxygen atoms in total. The molecule has 0 N–H and O–H groups in total. The Kier molecular flexibility index (Phi) is 5.57. The van der Waals surface area contributed by atoms with Crippen LogP contribution in [0.4, 0.5) is 0 Å². The minimum absolute atomic E-state index is 0.0883. The molecule has 0 fully saturated rings. The van der Waals surface area contributed by atoms with E-state index in [9.17, 15) is 0 Å². The van der Waals surface area contributed by atoms with E-state index in [2.05, 4.69) is 92.6 Å². The van der Waals surface area contributed by atoms with Crippen LogP contribution in [0, 0.1) is 0 Å². The second-order valence-corrected chi connectivity index (χ2v) is 11.1. The number of hydrogen-bond acceptors (Lipinski definition) is 4. The molecule has 3 aromatic rings. The van der Waals surface area contributed by atoms with Crippen LogP contribution in [0.5, 0.6) is 0 Å². The lowest BCUT2D eigenvalue weighted by molar-refractivity contribution is 0.497. The molecule has 3 rings (SSSR count). The Balaban J connectivity index is 2.08. The van der Waals surface area contributed by atoms with E-state index in [1.54, 1.807) is 0 Å². The number of rotatable bonds is 2. The fourth-order valence-corrected chi connectivity index (χ4v) is 3.00. The standard InChI is InChI=1S/C26H34N4/c1-24(2,3)19-13-14-20(27-16-19)17-11-10-12-18(15-17)21-28-22(25(4,5)6)30-23(29-21)26(7,8)9/h10-16H,1-9H3. The van der Waals surface area contributed by atoms with Crippen molar-refractivity contribution >= 4 is 0 Å². The number of benzene rings is 1. The van der Waals surface area contributed by atoms with Gasteiger partial charge < -0.3 is 0 Å². The highest BCUT2D eigenvalue weighted by atomic mass is 15.1. The molecule has 0 atom stereocenters. The molecular formula is C26H34N4. The summed E-state index contributed by atoms with van der Waals surface area (Å²) in [5.41, 5.74) is 4.00. The molecular weight excluding hydrogens is 368 g/mol. The van der Waals surface area contributed by atoms with Crippen molar-refractivity contribution in [2.45, 2.75) is 78.6 Å². The molecule has 30 heavy (non-hydrogen) atoms. The Bertz CT molecular complexity index is 998. The Labute approximate surface area is 181 Å². The number of pyridine rings is 1. The Hall–Kier alpha value is -2.62. The monoisotopic (exact) mass is 402 g/mol. The molecule has 0 bridgehead atoms. The Morgan fingerprint density at radius 1 is 0.600 bits per heavy atom. The van der Waals surface area contributed by atoms with Gasteiger partial charge in [0.15, 0.2) is 5.82 Å². The molecule has 1 aromatic carbocycles. The summed E-state index contributed by atoms with van der Waals surface area (Å²) in [5, 5.41) is 0. The van der Waals surface area contributed by atoms with E-state index in [-0.39, 0.29) is 16.2 Å². The predicted octanol–water partition coefficient (Wildman–Crippen LogP) is 6.49. The molecule has 0 amide bonds.